The molecule has 2 aromatic carbocycles. The van der Waals surface area contributed by atoms with E-state index in [-0.39, 0.29) is 18.4 Å². The fraction of sp³-hybridized carbons (Fsp3) is 0.486. The topological polar surface area (TPSA) is 157 Å². The van der Waals surface area contributed by atoms with E-state index in [9.17, 15) is 33.9 Å². The Bertz CT molecular complexity index is 1480. The van der Waals surface area contributed by atoms with Gasteiger partial charge in [0.1, 0.15) is 24.7 Å². The number of carboxylic acids is 1. The van der Waals surface area contributed by atoms with Gasteiger partial charge in [-0.05, 0) is 28.2 Å². The summed E-state index contributed by atoms with van der Waals surface area (Å²) < 4.78 is 5.70. The Morgan fingerprint density at radius 2 is 1.23 bits per heavy atom. The van der Waals surface area contributed by atoms with Crippen LogP contribution in [-0.4, -0.2) is 127 Å². The first-order valence-corrected chi connectivity index (χ1v) is 15.9. The maximum absolute atomic E-state index is 14.0. The Labute approximate surface area is 281 Å². The average Bonchev–Trinajstić information content (AvgIpc) is 3.38. The molecule has 0 radical (unpaired) electrons. The largest absolute Gasteiger partial charge is 0.481 e. The lowest BCUT2D eigenvalue weighted by Crippen LogP contribution is -2.57. The summed E-state index contributed by atoms with van der Waals surface area (Å²) in [5.74, 6) is -4.31. The number of nitrogens with zero attached hydrogens (tertiary/aromatic N) is 4. The summed E-state index contributed by atoms with van der Waals surface area (Å²) in [4.78, 5) is 82.8. The molecule has 0 fully saturated rings. The van der Waals surface area contributed by atoms with Crippen LogP contribution in [-0.2, 0) is 28.7 Å². The van der Waals surface area contributed by atoms with Crippen molar-refractivity contribution < 1.29 is 38.6 Å². The molecule has 0 saturated carbocycles. The minimum Gasteiger partial charge on any atom is -0.481 e. The van der Waals surface area contributed by atoms with E-state index in [1.165, 1.54) is 52.1 Å². The first-order chi connectivity index (χ1) is 22.6. The van der Waals surface area contributed by atoms with E-state index < -0.39 is 66.7 Å². The lowest BCUT2D eigenvalue weighted by atomic mass is 9.96. The van der Waals surface area contributed by atoms with Gasteiger partial charge in [0.25, 0.3) is 0 Å². The molecule has 3 rings (SSSR count). The second-order valence-electron chi connectivity index (χ2n) is 12.6. The minimum absolute atomic E-state index is 0.0445. The molecule has 1 aliphatic rings. The molecule has 13 nitrogen and oxygen atoms in total. The van der Waals surface area contributed by atoms with Gasteiger partial charge in [0.15, 0.2) is 0 Å². The number of fused-ring (bicyclic) bond motifs is 3. The number of carbonyl (C=O) groups is 6. The summed E-state index contributed by atoms with van der Waals surface area (Å²) in [5.41, 5.74) is 4.23. The standard InChI is InChI=1S/C35H47N5O8/c1-9-21(2)31(36-35(47)48-20-26-24-16-12-10-14-22(24)23-15-11-13-17-25(23)26)34(46)40(8)27(32(44)37(3)4)18-29(41)39(7)28(19-30(42)43)33(45)38(5)6/h10-17,21,26-28,31H,9,18-20H2,1-8H3,(H,36,47)(H,42,43)/t21-,27-,28-,31-/m0/s1. The SMILES string of the molecule is CC[C@H](C)[C@H](NC(=O)OCC1c2ccccc2-c2ccccc21)C(=O)N(C)[C@@H](CC(=O)N(C)[C@@H](CC(=O)O)C(=O)N(C)C)C(=O)N(C)C. The number of carboxylic acid groups (broad SMARTS) is 1. The normalized spacial score (nSPS) is 14.3. The van der Waals surface area contributed by atoms with Crippen LogP contribution in [0.2, 0.25) is 0 Å². The van der Waals surface area contributed by atoms with Gasteiger partial charge in [-0.25, -0.2) is 4.79 Å². The van der Waals surface area contributed by atoms with E-state index in [1.807, 2.05) is 55.5 Å². The maximum Gasteiger partial charge on any atom is 0.407 e. The molecule has 0 saturated heterocycles. The van der Waals surface area contributed by atoms with E-state index in [2.05, 4.69) is 5.32 Å². The zero-order valence-electron chi connectivity index (χ0n) is 28.9. The van der Waals surface area contributed by atoms with Gasteiger partial charge in [-0.1, -0.05) is 68.8 Å². The monoisotopic (exact) mass is 665 g/mol. The molecule has 0 bridgehead atoms. The molecule has 0 aromatic heterocycles. The van der Waals surface area contributed by atoms with Gasteiger partial charge < -0.3 is 34.8 Å². The number of benzene rings is 2. The zero-order chi connectivity index (χ0) is 35.9. The maximum atomic E-state index is 14.0. The number of ether oxygens (including phenoxy) is 1. The third-order valence-electron chi connectivity index (χ3n) is 8.96. The molecule has 13 heteroatoms. The Hall–Kier alpha value is -4.94. The summed E-state index contributed by atoms with van der Waals surface area (Å²) in [6.07, 6.45) is -1.45. The van der Waals surface area contributed by atoms with Crippen molar-refractivity contribution in [3.63, 3.8) is 0 Å². The number of alkyl carbamates (subject to hydrolysis) is 1. The quantitative estimate of drug-likeness (QED) is 0.312. The van der Waals surface area contributed by atoms with Crippen LogP contribution in [0.5, 0.6) is 0 Å². The van der Waals surface area contributed by atoms with Crippen LogP contribution < -0.4 is 5.32 Å². The van der Waals surface area contributed by atoms with Gasteiger partial charge in [-0.3, -0.25) is 24.0 Å². The van der Waals surface area contributed by atoms with Crippen molar-refractivity contribution in [1.82, 2.24) is 24.9 Å². The predicted molar refractivity (Wildman–Crippen MR) is 179 cm³/mol. The van der Waals surface area contributed by atoms with Crippen molar-refractivity contribution >= 4 is 35.7 Å². The van der Waals surface area contributed by atoms with Gasteiger partial charge in [0, 0.05) is 48.2 Å². The van der Waals surface area contributed by atoms with Crippen molar-refractivity contribution in [3.05, 3.63) is 59.7 Å². The van der Waals surface area contributed by atoms with Gasteiger partial charge in [-0.2, -0.15) is 0 Å². The van der Waals surface area contributed by atoms with E-state index in [1.54, 1.807) is 6.92 Å². The predicted octanol–water partition coefficient (Wildman–Crippen LogP) is 2.64. The number of nitrogens with one attached hydrogen (secondary N) is 1. The molecular weight excluding hydrogens is 618 g/mol. The molecule has 2 N–H and O–H groups in total. The van der Waals surface area contributed by atoms with Crippen molar-refractivity contribution in [3.8, 4) is 11.1 Å². The van der Waals surface area contributed by atoms with E-state index in [0.29, 0.717) is 6.42 Å². The first-order valence-electron chi connectivity index (χ1n) is 15.9. The number of carbonyl (C=O) groups excluding carboxylic acids is 5. The molecule has 0 unspecified atom stereocenters. The van der Waals surface area contributed by atoms with Crippen molar-refractivity contribution in [2.24, 2.45) is 5.92 Å². The minimum atomic E-state index is -1.32. The van der Waals surface area contributed by atoms with Crippen molar-refractivity contribution in [2.45, 2.75) is 57.2 Å². The number of likely N-dealkylation sites (N-methyl/N-ethyl adjacent to an activating group) is 4. The molecule has 4 atom stereocenters. The molecule has 0 spiro atoms. The van der Waals surface area contributed by atoms with Crippen LogP contribution >= 0.6 is 0 Å². The number of amides is 5. The second-order valence-corrected chi connectivity index (χ2v) is 12.6. The molecule has 2 aromatic rings. The number of hydrogen-bond donors (Lipinski definition) is 2. The molecule has 1 aliphatic carbocycles. The van der Waals surface area contributed by atoms with Crippen LogP contribution in [0.4, 0.5) is 4.79 Å². The Morgan fingerprint density at radius 3 is 1.69 bits per heavy atom. The Kier molecular flexibility index (Phi) is 12.7. The zero-order valence-corrected chi connectivity index (χ0v) is 28.9. The van der Waals surface area contributed by atoms with Crippen LogP contribution in [0.25, 0.3) is 11.1 Å². The highest BCUT2D eigenvalue weighted by molar-refractivity contribution is 5.96. The van der Waals surface area contributed by atoms with Gasteiger partial charge in [-0.15, -0.1) is 0 Å². The third kappa shape index (κ3) is 8.50. The van der Waals surface area contributed by atoms with Crippen molar-refractivity contribution in [2.75, 3.05) is 48.9 Å². The molecule has 0 aliphatic heterocycles. The summed E-state index contributed by atoms with van der Waals surface area (Å²) in [6.45, 7) is 3.68. The number of hydrogen-bond acceptors (Lipinski definition) is 7. The molecule has 260 valence electrons. The highest BCUT2D eigenvalue weighted by Gasteiger charge is 2.39. The fourth-order valence-corrected chi connectivity index (χ4v) is 5.85. The van der Waals surface area contributed by atoms with Crippen LogP contribution in [0, 0.1) is 5.92 Å². The van der Waals surface area contributed by atoms with E-state index in [4.69, 9.17) is 4.74 Å². The summed E-state index contributed by atoms with van der Waals surface area (Å²) in [7, 11) is 8.50. The van der Waals surface area contributed by atoms with Crippen molar-refractivity contribution in [1.29, 1.82) is 0 Å². The van der Waals surface area contributed by atoms with Crippen LogP contribution in [0.3, 0.4) is 0 Å². The third-order valence-corrected chi connectivity index (χ3v) is 8.96. The second kappa shape index (κ2) is 16.2. The van der Waals surface area contributed by atoms with Crippen LogP contribution in [0.15, 0.2) is 48.5 Å². The Morgan fingerprint density at radius 1 is 0.750 bits per heavy atom. The molecular formula is C35H47N5O8. The highest BCUT2D eigenvalue weighted by Crippen LogP contribution is 2.44. The lowest BCUT2D eigenvalue weighted by Gasteiger charge is -2.35. The van der Waals surface area contributed by atoms with Crippen LogP contribution in [0.1, 0.15) is 50.2 Å². The smallest absolute Gasteiger partial charge is 0.407 e. The molecule has 5 amide bonds. The molecule has 48 heavy (non-hydrogen) atoms. The average molecular weight is 666 g/mol. The fourth-order valence-electron chi connectivity index (χ4n) is 5.85. The highest BCUT2D eigenvalue weighted by atomic mass is 16.5. The van der Waals surface area contributed by atoms with Gasteiger partial charge in [0.2, 0.25) is 23.6 Å². The first kappa shape index (κ1) is 37.5. The summed E-state index contributed by atoms with van der Waals surface area (Å²) in [6, 6.07) is 12.1. The summed E-state index contributed by atoms with van der Waals surface area (Å²) in [5, 5.41) is 12.1. The lowest BCUT2D eigenvalue weighted by molar-refractivity contribution is -0.152. The van der Waals surface area contributed by atoms with E-state index >= 15 is 0 Å². The summed E-state index contributed by atoms with van der Waals surface area (Å²) >= 11 is 0. The number of aliphatic carboxylic acids is 1. The van der Waals surface area contributed by atoms with Gasteiger partial charge in [0.05, 0.1) is 12.8 Å². The Balaban J connectivity index is 1.79. The number of rotatable bonds is 14. The molecule has 0 heterocycles. The van der Waals surface area contributed by atoms with E-state index in [0.717, 1.165) is 32.1 Å². The van der Waals surface area contributed by atoms with Gasteiger partial charge >= 0.3 is 12.1 Å².